The van der Waals surface area contributed by atoms with Gasteiger partial charge in [-0.2, -0.15) is 0 Å². The van der Waals surface area contributed by atoms with Crippen molar-refractivity contribution in [2.24, 2.45) is 10.7 Å². The fraction of sp³-hybridized carbons (Fsp3) is 0.300. The van der Waals surface area contributed by atoms with Crippen molar-refractivity contribution < 1.29 is 0 Å². The van der Waals surface area contributed by atoms with Crippen LogP contribution in [0.1, 0.15) is 18.2 Å². The Hall–Kier alpha value is -1.29. The molecule has 0 aliphatic rings. The molecule has 0 radical (unpaired) electrons. The highest BCUT2D eigenvalue weighted by Crippen LogP contribution is 2.24. The Kier molecular flexibility index (Phi) is 4.19. The Morgan fingerprint density at radius 3 is 2.86 bits per heavy atom. The van der Waals surface area contributed by atoms with Crippen molar-refractivity contribution in [2.75, 3.05) is 12.3 Å². The summed E-state index contributed by atoms with van der Waals surface area (Å²) < 4.78 is 0. The van der Waals surface area contributed by atoms with Crippen LogP contribution in [0.3, 0.4) is 0 Å². The zero-order chi connectivity index (χ0) is 10.4. The van der Waals surface area contributed by atoms with E-state index in [4.69, 9.17) is 11.5 Å². The number of thiophene rings is 1. The molecule has 4 N–H and O–H groups in total. The number of anilines is 1. The molecule has 4 heteroatoms. The maximum Gasteiger partial charge on any atom is 0.0862 e. The number of allylic oxidation sites excluding steroid dienone is 1. The van der Waals surface area contributed by atoms with Gasteiger partial charge in [-0.1, -0.05) is 6.92 Å². The third-order valence-corrected chi connectivity index (χ3v) is 2.64. The Labute approximate surface area is 88.1 Å². The second-order valence-corrected chi connectivity index (χ2v) is 3.97. The Morgan fingerprint density at radius 2 is 2.36 bits per heavy atom. The van der Waals surface area contributed by atoms with Gasteiger partial charge in [-0.25, -0.2) is 0 Å². The van der Waals surface area contributed by atoms with E-state index in [9.17, 15) is 0 Å². The molecule has 0 aliphatic heterocycles. The molecular formula is C10H15N3S. The van der Waals surface area contributed by atoms with Crippen molar-refractivity contribution in [3.05, 3.63) is 23.2 Å². The maximum atomic E-state index is 5.63. The predicted octanol–water partition coefficient (Wildman–Crippen LogP) is 2.11. The highest BCUT2D eigenvalue weighted by molar-refractivity contribution is 7.17. The number of hydrogen-bond donors (Lipinski definition) is 2. The van der Waals surface area contributed by atoms with Crippen molar-refractivity contribution in [1.29, 1.82) is 0 Å². The highest BCUT2D eigenvalue weighted by atomic mass is 32.1. The zero-order valence-corrected chi connectivity index (χ0v) is 9.05. The topological polar surface area (TPSA) is 64.4 Å². The quantitative estimate of drug-likeness (QED) is 0.746. The van der Waals surface area contributed by atoms with Gasteiger partial charge < -0.3 is 11.5 Å². The highest BCUT2D eigenvalue weighted by Gasteiger charge is 2.00. The molecule has 0 aromatic carbocycles. The third-order valence-electron chi connectivity index (χ3n) is 1.67. The molecule has 1 aromatic heterocycles. The van der Waals surface area contributed by atoms with E-state index >= 15 is 0 Å². The van der Waals surface area contributed by atoms with Crippen molar-refractivity contribution >= 4 is 28.1 Å². The average Bonchev–Trinajstić information content (AvgIpc) is 2.60. The lowest BCUT2D eigenvalue weighted by molar-refractivity contribution is 0.938. The van der Waals surface area contributed by atoms with Gasteiger partial charge in [-0.15, -0.1) is 11.3 Å². The number of rotatable bonds is 4. The lowest BCUT2D eigenvalue weighted by atomic mass is 10.2. The van der Waals surface area contributed by atoms with Gasteiger partial charge in [0.15, 0.2) is 0 Å². The van der Waals surface area contributed by atoms with E-state index in [1.165, 1.54) is 11.3 Å². The minimum Gasteiger partial charge on any atom is -0.404 e. The number of nitrogens with zero attached hydrogens (tertiary/aromatic N) is 1. The fourth-order valence-corrected chi connectivity index (χ4v) is 1.75. The summed E-state index contributed by atoms with van der Waals surface area (Å²) in [5.41, 5.74) is 12.1. The summed E-state index contributed by atoms with van der Waals surface area (Å²) >= 11 is 1.52. The summed E-state index contributed by atoms with van der Waals surface area (Å²) in [5, 5.41) is 0.795. The fourth-order valence-electron chi connectivity index (χ4n) is 0.989. The van der Waals surface area contributed by atoms with Gasteiger partial charge in [-0.3, -0.25) is 4.99 Å². The molecule has 0 saturated heterocycles. The van der Waals surface area contributed by atoms with Crippen LogP contribution in [-0.4, -0.2) is 12.8 Å². The van der Waals surface area contributed by atoms with Gasteiger partial charge in [0.25, 0.3) is 0 Å². The summed E-state index contributed by atoms with van der Waals surface area (Å²) in [6.07, 6.45) is 4.40. The molecule has 1 aromatic rings. The minimum atomic E-state index is 0.795. The molecule has 0 aliphatic carbocycles. The van der Waals surface area contributed by atoms with Crippen LogP contribution in [0.15, 0.2) is 23.3 Å². The van der Waals surface area contributed by atoms with Gasteiger partial charge in [0.1, 0.15) is 0 Å². The van der Waals surface area contributed by atoms with Gasteiger partial charge in [0.2, 0.25) is 0 Å². The van der Waals surface area contributed by atoms with Crippen LogP contribution in [-0.2, 0) is 0 Å². The SMILES string of the molecule is CCCN=C/C(=C\N)c1ccc(N)s1. The average molecular weight is 209 g/mol. The first-order valence-corrected chi connectivity index (χ1v) is 5.37. The molecule has 0 fully saturated rings. The molecule has 0 unspecified atom stereocenters. The summed E-state index contributed by atoms with van der Waals surface area (Å²) in [6.45, 7) is 2.92. The van der Waals surface area contributed by atoms with E-state index < -0.39 is 0 Å². The summed E-state index contributed by atoms with van der Waals surface area (Å²) in [6, 6.07) is 3.83. The number of hydrogen-bond acceptors (Lipinski definition) is 4. The van der Waals surface area contributed by atoms with E-state index in [1.54, 1.807) is 12.4 Å². The van der Waals surface area contributed by atoms with Gasteiger partial charge >= 0.3 is 0 Å². The first kappa shape index (κ1) is 10.8. The summed E-state index contributed by atoms with van der Waals surface area (Å²) in [5.74, 6) is 0. The van der Waals surface area contributed by atoms with E-state index in [0.29, 0.717) is 0 Å². The monoisotopic (exact) mass is 209 g/mol. The minimum absolute atomic E-state index is 0.795. The molecule has 0 bridgehead atoms. The Bertz CT molecular complexity index is 339. The van der Waals surface area contributed by atoms with Crippen molar-refractivity contribution in [3.8, 4) is 0 Å². The standard InChI is InChI=1S/C10H15N3S/c1-2-5-13-7-8(6-11)9-3-4-10(12)14-9/h3-4,6-7H,2,5,11-12H2,1H3/b8-6+,13-7?. The lowest BCUT2D eigenvalue weighted by Gasteiger charge is -1.95. The van der Waals surface area contributed by atoms with Crippen LogP contribution in [0.5, 0.6) is 0 Å². The van der Waals surface area contributed by atoms with E-state index in [2.05, 4.69) is 11.9 Å². The van der Waals surface area contributed by atoms with E-state index in [1.807, 2.05) is 12.1 Å². The molecule has 76 valence electrons. The number of nitrogens with two attached hydrogens (primary N) is 2. The van der Waals surface area contributed by atoms with Crippen LogP contribution in [0.2, 0.25) is 0 Å². The van der Waals surface area contributed by atoms with Crippen LogP contribution in [0, 0.1) is 0 Å². The summed E-state index contributed by atoms with van der Waals surface area (Å²) in [7, 11) is 0. The van der Waals surface area contributed by atoms with E-state index in [0.717, 1.165) is 28.4 Å². The van der Waals surface area contributed by atoms with Crippen LogP contribution in [0.25, 0.3) is 5.57 Å². The Balaban J connectivity index is 2.73. The molecular weight excluding hydrogens is 194 g/mol. The van der Waals surface area contributed by atoms with Crippen molar-refractivity contribution in [2.45, 2.75) is 13.3 Å². The smallest absolute Gasteiger partial charge is 0.0862 e. The molecule has 0 amide bonds. The molecule has 14 heavy (non-hydrogen) atoms. The molecule has 0 saturated carbocycles. The van der Waals surface area contributed by atoms with Gasteiger partial charge in [0, 0.05) is 29.4 Å². The molecule has 0 atom stereocenters. The second kappa shape index (κ2) is 5.44. The maximum absolute atomic E-state index is 5.63. The van der Waals surface area contributed by atoms with Gasteiger partial charge in [0.05, 0.1) is 5.00 Å². The predicted molar refractivity (Wildman–Crippen MR) is 64.5 cm³/mol. The molecule has 1 heterocycles. The summed E-state index contributed by atoms with van der Waals surface area (Å²) in [4.78, 5) is 5.30. The lowest BCUT2D eigenvalue weighted by Crippen LogP contribution is -1.89. The largest absolute Gasteiger partial charge is 0.404 e. The normalized spacial score (nSPS) is 12.5. The molecule has 3 nitrogen and oxygen atoms in total. The van der Waals surface area contributed by atoms with Crippen molar-refractivity contribution in [1.82, 2.24) is 0 Å². The van der Waals surface area contributed by atoms with Crippen molar-refractivity contribution in [3.63, 3.8) is 0 Å². The zero-order valence-electron chi connectivity index (χ0n) is 8.23. The Morgan fingerprint density at radius 1 is 1.57 bits per heavy atom. The first-order valence-electron chi connectivity index (χ1n) is 4.55. The number of aliphatic imine (C=N–C) groups is 1. The molecule has 1 rings (SSSR count). The second-order valence-electron chi connectivity index (χ2n) is 2.86. The number of nitrogen functional groups attached to an aromatic ring is 1. The van der Waals surface area contributed by atoms with E-state index in [-0.39, 0.29) is 0 Å². The molecule has 0 spiro atoms. The van der Waals surface area contributed by atoms with Crippen LogP contribution in [0.4, 0.5) is 5.00 Å². The third kappa shape index (κ3) is 2.88. The van der Waals surface area contributed by atoms with Crippen LogP contribution < -0.4 is 11.5 Å². The first-order chi connectivity index (χ1) is 6.77. The van der Waals surface area contributed by atoms with Crippen LogP contribution >= 0.6 is 11.3 Å². The van der Waals surface area contributed by atoms with Gasteiger partial charge in [-0.05, 0) is 18.6 Å².